The van der Waals surface area contributed by atoms with Crippen LogP contribution in [0.25, 0.3) is 10.9 Å². The summed E-state index contributed by atoms with van der Waals surface area (Å²) < 4.78 is 0. The molecule has 1 aliphatic heterocycles. The summed E-state index contributed by atoms with van der Waals surface area (Å²) in [4.78, 5) is 18.2. The van der Waals surface area contributed by atoms with Gasteiger partial charge in [0.15, 0.2) is 0 Å². The molecular weight excluding hydrogens is 310 g/mol. The minimum atomic E-state index is 0.0227. The van der Waals surface area contributed by atoms with Crippen LogP contribution in [-0.4, -0.2) is 34.9 Å². The summed E-state index contributed by atoms with van der Waals surface area (Å²) >= 11 is 0. The maximum Gasteiger partial charge on any atom is 0.251 e. The minimum Gasteiger partial charge on any atom is -0.361 e. The number of aryl methyl sites for hydroxylation is 2. The van der Waals surface area contributed by atoms with Crippen LogP contribution in [0.15, 0.2) is 48.7 Å². The van der Waals surface area contributed by atoms with Crippen LogP contribution in [0.1, 0.15) is 27.0 Å². The molecule has 0 saturated carbocycles. The molecule has 1 aliphatic rings. The second-order valence-corrected chi connectivity index (χ2v) is 7.02. The van der Waals surface area contributed by atoms with Crippen LogP contribution in [0.5, 0.6) is 0 Å². The van der Waals surface area contributed by atoms with E-state index >= 15 is 0 Å². The summed E-state index contributed by atoms with van der Waals surface area (Å²) in [5.74, 6) is 0.0227. The first-order valence-electron chi connectivity index (χ1n) is 8.75. The largest absolute Gasteiger partial charge is 0.361 e. The van der Waals surface area contributed by atoms with E-state index in [1.54, 1.807) is 0 Å². The van der Waals surface area contributed by atoms with Gasteiger partial charge in [-0.05, 0) is 54.1 Å². The predicted octanol–water partition coefficient (Wildman–Crippen LogP) is 3.40. The highest BCUT2D eigenvalue weighted by molar-refractivity contribution is 5.99. The third kappa shape index (κ3) is 3.17. The first-order chi connectivity index (χ1) is 12.1. The average molecular weight is 333 g/mol. The van der Waals surface area contributed by atoms with E-state index in [-0.39, 0.29) is 11.9 Å². The van der Waals surface area contributed by atoms with E-state index in [0.29, 0.717) is 0 Å². The normalized spacial score (nSPS) is 15.3. The van der Waals surface area contributed by atoms with Crippen LogP contribution >= 0.6 is 0 Å². The van der Waals surface area contributed by atoms with Crippen molar-refractivity contribution >= 4 is 16.8 Å². The van der Waals surface area contributed by atoms with Crippen LogP contribution in [-0.2, 0) is 6.54 Å². The number of amides is 1. The van der Waals surface area contributed by atoms with Crippen LogP contribution in [0.2, 0.25) is 0 Å². The molecule has 0 radical (unpaired) electrons. The molecule has 4 nitrogen and oxygen atoms in total. The Bertz CT molecular complexity index is 922. The zero-order chi connectivity index (χ0) is 17.4. The van der Waals surface area contributed by atoms with Gasteiger partial charge < -0.3 is 10.3 Å². The number of fused-ring (bicyclic) bond motifs is 1. The van der Waals surface area contributed by atoms with Crippen molar-refractivity contribution in [1.82, 2.24) is 15.2 Å². The lowest BCUT2D eigenvalue weighted by Crippen LogP contribution is -2.58. The number of aromatic nitrogens is 1. The molecule has 3 aromatic rings. The van der Waals surface area contributed by atoms with E-state index in [4.69, 9.17) is 0 Å². The van der Waals surface area contributed by atoms with E-state index < -0.39 is 0 Å². The quantitative estimate of drug-likeness (QED) is 0.769. The van der Waals surface area contributed by atoms with Gasteiger partial charge in [0.25, 0.3) is 5.91 Å². The van der Waals surface area contributed by atoms with Crippen molar-refractivity contribution in [3.05, 3.63) is 70.9 Å². The first-order valence-corrected chi connectivity index (χ1v) is 8.75. The van der Waals surface area contributed by atoms with Gasteiger partial charge in [0.2, 0.25) is 0 Å². The van der Waals surface area contributed by atoms with Crippen LogP contribution in [0.4, 0.5) is 0 Å². The second-order valence-electron chi connectivity index (χ2n) is 7.02. The third-order valence-electron chi connectivity index (χ3n) is 5.09. The standard InChI is InChI=1S/C21H23N3O/c1-14-5-3-4-6-17(14)11-24-12-18(13-24)23-21(25)19-10-20-16(7-8-22-20)9-15(19)2/h3-10,18,22H,11-13H2,1-2H3,(H,23,25). The third-order valence-corrected chi connectivity index (χ3v) is 5.09. The summed E-state index contributed by atoms with van der Waals surface area (Å²) in [5.41, 5.74) is 5.46. The lowest BCUT2D eigenvalue weighted by molar-refractivity contribution is 0.0794. The summed E-state index contributed by atoms with van der Waals surface area (Å²) in [6, 6.07) is 14.7. The van der Waals surface area contributed by atoms with E-state index in [2.05, 4.69) is 52.5 Å². The van der Waals surface area contributed by atoms with Gasteiger partial charge in [-0.2, -0.15) is 0 Å². The number of aromatic amines is 1. The summed E-state index contributed by atoms with van der Waals surface area (Å²) in [6.07, 6.45) is 1.90. The molecule has 0 spiro atoms. The Morgan fingerprint density at radius 2 is 1.96 bits per heavy atom. The molecule has 0 aliphatic carbocycles. The second kappa shape index (κ2) is 6.37. The number of rotatable bonds is 4. The Balaban J connectivity index is 1.36. The molecule has 1 aromatic heterocycles. The van der Waals surface area contributed by atoms with Crippen molar-refractivity contribution in [3.8, 4) is 0 Å². The maximum atomic E-state index is 12.6. The van der Waals surface area contributed by atoms with Gasteiger partial charge in [-0.1, -0.05) is 24.3 Å². The summed E-state index contributed by atoms with van der Waals surface area (Å²) in [6.45, 7) is 6.90. The zero-order valence-corrected chi connectivity index (χ0v) is 14.7. The minimum absolute atomic E-state index is 0.0227. The van der Waals surface area contributed by atoms with Gasteiger partial charge in [-0.25, -0.2) is 0 Å². The molecule has 4 rings (SSSR count). The molecule has 128 valence electrons. The number of hydrogen-bond donors (Lipinski definition) is 2. The van der Waals surface area contributed by atoms with Gasteiger partial charge in [0.1, 0.15) is 0 Å². The molecular formula is C21H23N3O. The van der Waals surface area contributed by atoms with Gasteiger partial charge >= 0.3 is 0 Å². The molecule has 1 fully saturated rings. The van der Waals surface area contributed by atoms with Crippen molar-refractivity contribution < 1.29 is 4.79 Å². The molecule has 2 aromatic carbocycles. The van der Waals surface area contributed by atoms with Crippen LogP contribution in [0, 0.1) is 13.8 Å². The van der Waals surface area contributed by atoms with E-state index in [1.165, 1.54) is 11.1 Å². The summed E-state index contributed by atoms with van der Waals surface area (Å²) in [7, 11) is 0. The van der Waals surface area contributed by atoms with Crippen molar-refractivity contribution in [2.75, 3.05) is 13.1 Å². The number of hydrogen-bond acceptors (Lipinski definition) is 2. The van der Waals surface area contributed by atoms with Gasteiger partial charge in [0.05, 0.1) is 6.04 Å². The number of likely N-dealkylation sites (tertiary alicyclic amines) is 1. The molecule has 2 N–H and O–H groups in total. The van der Waals surface area contributed by atoms with Gasteiger partial charge in [-0.3, -0.25) is 9.69 Å². The predicted molar refractivity (Wildman–Crippen MR) is 101 cm³/mol. The molecule has 1 amide bonds. The molecule has 2 heterocycles. The lowest BCUT2D eigenvalue weighted by atomic mass is 10.0. The molecule has 0 unspecified atom stereocenters. The number of benzene rings is 2. The molecule has 4 heteroatoms. The summed E-state index contributed by atoms with van der Waals surface area (Å²) in [5, 5.41) is 4.31. The Hall–Kier alpha value is -2.59. The SMILES string of the molecule is Cc1ccccc1CN1CC(NC(=O)c2cc3[nH]ccc3cc2C)C1. The molecule has 1 saturated heterocycles. The van der Waals surface area contributed by atoms with E-state index in [0.717, 1.165) is 41.7 Å². The van der Waals surface area contributed by atoms with Gasteiger partial charge in [-0.15, -0.1) is 0 Å². The Morgan fingerprint density at radius 1 is 1.16 bits per heavy atom. The highest BCUT2D eigenvalue weighted by Crippen LogP contribution is 2.20. The highest BCUT2D eigenvalue weighted by atomic mass is 16.1. The number of carbonyl (C=O) groups excluding carboxylic acids is 1. The van der Waals surface area contributed by atoms with Crippen molar-refractivity contribution in [3.63, 3.8) is 0 Å². The Kier molecular flexibility index (Phi) is 4.06. The first kappa shape index (κ1) is 15.9. The smallest absolute Gasteiger partial charge is 0.251 e. The van der Waals surface area contributed by atoms with Crippen LogP contribution in [0.3, 0.4) is 0 Å². The topological polar surface area (TPSA) is 48.1 Å². The lowest BCUT2D eigenvalue weighted by Gasteiger charge is -2.40. The van der Waals surface area contributed by atoms with Crippen LogP contribution < -0.4 is 5.32 Å². The number of H-pyrrole nitrogens is 1. The average Bonchev–Trinajstić information content (AvgIpc) is 3.00. The molecule has 0 bridgehead atoms. The van der Waals surface area contributed by atoms with Crippen molar-refractivity contribution in [2.24, 2.45) is 0 Å². The fraction of sp³-hybridized carbons (Fsp3) is 0.286. The van der Waals surface area contributed by atoms with Crippen molar-refractivity contribution in [1.29, 1.82) is 0 Å². The Morgan fingerprint density at radius 3 is 2.76 bits per heavy atom. The fourth-order valence-corrected chi connectivity index (χ4v) is 3.54. The molecule has 25 heavy (non-hydrogen) atoms. The maximum absolute atomic E-state index is 12.6. The van der Waals surface area contributed by atoms with E-state index in [9.17, 15) is 4.79 Å². The zero-order valence-electron chi connectivity index (χ0n) is 14.7. The number of nitrogens with zero attached hydrogens (tertiary/aromatic N) is 1. The van der Waals surface area contributed by atoms with E-state index in [1.807, 2.05) is 25.3 Å². The fourth-order valence-electron chi connectivity index (χ4n) is 3.54. The number of nitrogens with one attached hydrogen (secondary N) is 2. The Labute approximate surface area is 147 Å². The van der Waals surface area contributed by atoms with Crippen molar-refractivity contribution in [2.45, 2.75) is 26.4 Å². The van der Waals surface area contributed by atoms with Gasteiger partial charge in [0, 0.05) is 36.9 Å². The highest BCUT2D eigenvalue weighted by Gasteiger charge is 2.28. The number of carbonyl (C=O) groups is 1. The molecule has 0 atom stereocenters. The monoisotopic (exact) mass is 333 g/mol.